The predicted molar refractivity (Wildman–Crippen MR) is 117 cm³/mol. The van der Waals surface area contributed by atoms with Crippen molar-refractivity contribution >= 4 is 44.2 Å². The maximum atomic E-state index is 5.64. The lowest BCUT2D eigenvalue weighted by Gasteiger charge is -2.42. The van der Waals surface area contributed by atoms with Gasteiger partial charge in [0.1, 0.15) is 0 Å². The summed E-state index contributed by atoms with van der Waals surface area (Å²) < 4.78 is 3.39. The molecule has 4 rings (SSSR count). The summed E-state index contributed by atoms with van der Waals surface area (Å²) in [6.07, 6.45) is 5.94. The molecule has 4 nitrogen and oxygen atoms in total. The summed E-state index contributed by atoms with van der Waals surface area (Å²) in [5.74, 6) is 0.616. The fourth-order valence-corrected chi connectivity index (χ4v) is 5.77. The van der Waals surface area contributed by atoms with Crippen LogP contribution in [0.2, 0.25) is 0 Å². The number of halogens is 1. The third-order valence-corrected chi connectivity index (χ3v) is 7.20. The molecule has 26 heavy (non-hydrogen) atoms. The van der Waals surface area contributed by atoms with Crippen LogP contribution in [-0.4, -0.2) is 52.3 Å². The van der Waals surface area contributed by atoms with Crippen molar-refractivity contribution in [1.29, 1.82) is 0 Å². The zero-order valence-electron chi connectivity index (χ0n) is 15.8. The number of nitrogens with one attached hydrogen (secondary N) is 1. The maximum absolute atomic E-state index is 5.64. The molecule has 0 bridgehead atoms. The van der Waals surface area contributed by atoms with Gasteiger partial charge in [0.15, 0.2) is 5.11 Å². The SMILES string of the molecule is CCN(CC)C(=S)Nn1cc2c3c(c(Br)ccc31)[C@H]1CCCN(C)[C@@H]1C2. The number of likely N-dealkylation sites (N-methyl/N-ethyl adjacent to an activating group) is 1. The number of hydrogen-bond acceptors (Lipinski definition) is 2. The van der Waals surface area contributed by atoms with Crippen LogP contribution in [0.1, 0.15) is 43.7 Å². The number of likely N-dealkylation sites (tertiary alicyclic amines) is 1. The first-order valence-electron chi connectivity index (χ1n) is 9.63. The Balaban J connectivity index is 1.79. The molecule has 1 saturated heterocycles. The Morgan fingerprint density at radius 1 is 1.35 bits per heavy atom. The first-order chi connectivity index (χ1) is 12.5. The summed E-state index contributed by atoms with van der Waals surface area (Å²) in [7, 11) is 2.28. The molecule has 1 aliphatic carbocycles. The number of benzene rings is 1. The highest BCUT2D eigenvalue weighted by molar-refractivity contribution is 9.10. The number of fused-ring (bicyclic) bond motifs is 2. The minimum atomic E-state index is 0.601. The van der Waals surface area contributed by atoms with Crippen LogP contribution < -0.4 is 5.43 Å². The molecule has 1 aromatic carbocycles. The highest BCUT2D eigenvalue weighted by Gasteiger charge is 2.37. The molecule has 0 unspecified atom stereocenters. The Kier molecular flexibility index (Phi) is 5.01. The zero-order chi connectivity index (χ0) is 18.4. The Labute approximate surface area is 169 Å². The van der Waals surface area contributed by atoms with Gasteiger partial charge in [-0.2, -0.15) is 0 Å². The van der Waals surface area contributed by atoms with Crippen LogP contribution in [0.4, 0.5) is 0 Å². The Hall–Kier alpha value is -1.11. The van der Waals surface area contributed by atoms with E-state index in [-0.39, 0.29) is 0 Å². The first-order valence-corrected chi connectivity index (χ1v) is 10.8. The highest BCUT2D eigenvalue weighted by atomic mass is 79.9. The minimum Gasteiger partial charge on any atom is -0.348 e. The van der Waals surface area contributed by atoms with E-state index in [0.29, 0.717) is 12.0 Å². The molecule has 6 heteroatoms. The lowest BCUT2D eigenvalue weighted by atomic mass is 9.75. The molecule has 0 radical (unpaired) electrons. The van der Waals surface area contributed by atoms with Crippen LogP contribution in [-0.2, 0) is 6.42 Å². The Bertz CT molecular complexity index is 842. The lowest BCUT2D eigenvalue weighted by molar-refractivity contribution is 0.156. The van der Waals surface area contributed by atoms with Crippen LogP contribution in [0.25, 0.3) is 10.9 Å². The normalized spacial score (nSPS) is 22.3. The standard InChI is InChI=1S/C20H27BrN4S/c1-4-24(5-2)20(26)22-25-12-13-11-17-14(7-6-10-23(17)3)19-15(21)8-9-16(25)18(13)19/h8-9,12,14,17H,4-7,10-11H2,1-3H3,(H,22,26)/t14-,17+/m0/s1. The third kappa shape index (κ3) is 2.86. The molecular weight excluding hydrogens is 408 g/mol. The smallest absolute Gasteiger partial charge is 0.188 e. The monoisotopic (exact) mass is 434 g/mol. The van der Waals surface area contributed by atoms with Crippen molar-refractivity contribution in [1.82, 2.24) is 14.5 Å². The van der Waals surface area contributed by atoms with Crippen molar-refractivity contribution < 1.29 is 0 Å². The van der Waals surface area contributed by atoms with Gasteiger partial charge in [0, 0.05) is 41.1 Å². The van der Waals surface area contributed by atoms with Gasteiger partial charge in [-0.15, -0.1) is 0 Å². The van der Waals surface area contributed by atoms with Crippen molar-refractivity contribution in [2.45, 2.75) is 45.1 Å². The quantitative estimate of drug-likeness (QED) is 0.726. The Morgan fingerprint density at radius 2 is 2.12 bits per heavy atom. The second-order valence-corrected chi connectivity index (χ2v) is 8.71. The summed E-state index contributed by atoms with van der Waals surface area (Å²) in [5.41, 5.74) is 7.62. The number of thiocarbonyl (C=S) groups is 1. The molecule has 0 spiro atoms. The fraction of sp³-hybridized carbons (Fsp3) is 0.550. The van der Waals surface area contributed by atoms with Crippen LogP contribution in [0, 0.1) is 0 Å². The average Bonchev–Trinajstić information content (AvgIpc) is 2.97. The Morgan fingerprint density at radius 3 is 2.85 bits per heavy atom. The molecule has 2 aromatic rings. The van der Waals surface area contributed by atoms with E-state index in [4.69, 9.17) is 12.2 Å². The number of hydrogen-bond donors (Lipinski definition) is 1. The number of rotatable bonds is 3. The molecule has 2 aliphatic rings. The minimum absolute atomic E-state index is 0.601. The van der Waals surface area contributed by atoms with Crippen molar-refractivity contribution in [3.05, 3.63) is 33.9 Å². The van der Waals surface area contributed by atoms with Gasteiger partial charge in [-0.05, 0) is 82.2 Å². The third-order valence-electron chi connectivity index (χ3n) is 6.16. The van der Waals surface area contributed by atoms with Gasteiger partial charge in [-0.1, -0.05) is 15.9 Å². The number of nitrogens with zero attached hydrogens (tertiary/aromatic N) is 3. The van der Waals surface area contributed by atoms with Crippen LogP contribution in [0.15, 0.2) is 22.8 Å². The maximum Gasteiger partial charge on any atom is 0.188 e. The van der Waals surface area contributed by atoms with E-state index < -0.39 is 0 Å². The lowest BCUT2D eigenvalue weighted by Crippen LogP contribution is -2.44. The number of piperidine rings is 1. The average molecular weight is 435 g/mol. The second-order valence-electron chi connectivity index (χ2n) is 7.47. The van der Waals surface area contributed by atoms with E-state index in [1.807, 2.05) is 0 Å². The van der Waals surface area contributed by atoms with Crippen molar-refractivity contribution in [3.63, 3.8) is 0 Å². The van der Waals surface area contributed by atoms with Crippen molar-refractivity contribution in [2.24, 2.45) is 0 Å². The van der Waals surface area contributed by atoms with Crippen molar-refractivity contribution in [3.8, 4) is 0 Å². The van der Waals surface area contributed by atoms with Crippen LogP contribution in [0.3, 0.4) is 0 Å². The summed E-state index contributed by atoms with van der Waals surface area (Å²) in [6, 6.07) is 5.01. The van der Waals surface area contributed by atoms with Gasteiger partial charge in [0.25, 0.3) is 0 Å². The van der Waals surface area contributed by atoms with Crippen molar-refractivity contribution in [2.75, 3.05) is 32.1 Å². The zero-order valence-corrected chi connectivity index (χ0v) is 18.2. The first kappa shape index (κ1) is 18.3. The van der Waals surface area contributed by atoms with Gasteiger partial charge in [0.05, 0.1) is 5.52 Å². The molecule has 0 saturated carbocycles. The van der Waals surface area contributed by atoms with E-state index >= 15 is 0 Å². The molecule has 1 aliphatic heterocycles. The number of aromatic nitrogens is 1. The molecule has 1 N–H and O–H groups in total. The summed E-state index contributed by atoms with van der Waals surface area (Å²) in [4.78, 5) is 4.72. The summed E-state index contributed by atoms with van der Waals surface area (Å²) in [6.45, 7) is 7.32. The van der Waals surface area contributed by atoms with E-state index in [9.17, 15) is 0 Å². The van der Waals surface area contributed by atoms with Gasteiger partial charge >= 0.3 is 0 Å². The fourth-order valence-electron chi connectivity index (χ4n) is 4.79. The highest BCUT2D eigenvalue weighted by Crippen LogP contribution is 2.46. The molecular formula is C20H27BrN4S. The molecule has 1 fully saturated rings. The van der Waals surface area contributed by atoms with E-state index in [1.54, 1.807) is 0 Å². The van der Waals surface area contributed by atoms with Crippen LogP contribution in [0.5, 0.6) is 0 Å². The van der Waals surface area contributed by atoms with E-state index in [1.165, 1.54) is 45.9 Å². The molecule has 2 atom stereocenters. The van der Waals surface area contributed by atoms with Gasteiger partial charge in [0.2, 0.25) is 0 Å². The summed E-state index contributed by atoms with van der Waals surface area (Å²) >= 11 is 9.49. The second kappa shape index (κ2) is 7.13. The molecule has 2 heterocycles. The van der Waals surface area contributed by atoms with Gasteiger partial charge in [-0.3, -0.25) is 10.1 Å². The topological polar surface area (TPSA) is 23.4 Å². The van der Waals surface area contributed by atoms with Crippen LogP contribution >= 0.6 is 28.1 Å². The molecule has 1 aromatic heterocycles. The largest absolute Gasteiger partial charge is 0.348 e. The summed E-state index contributed by atoms with van der Waals surface area (Å²) in [5, 5.41) is 2.21. The van der Waals surface area contributed by atoms with Gasteiger partial charge in [-0.25, -0.2) is 0 Å². The van der Waals surface area contributed by atoms with E-state index in [2.05, 4.69) is 75.1 Å². The molecule has 140 valence electrons. The van der Waals surface area contributed by atoms with Gasteiger partial charge < -0.3 is 9.80 Å². The van der Waals surface area contributed by atoms with E-state index in [0.717, 1.165) is 24.6 Å². The molecule has 0 amide bonds. The predicted octanol–water partition coefficient (Wildman–Crippen LogP) is 4.31.